The third-order valence-electron chi connectivity index (χ3n) is 1.96. The Balaban J connectivity index is 2.75. The molecule has 0 bridgehead atoms. The second kappa shape index (κ2) is 2.58. The van der Waals surface area contributed by atoms with Crippen LogP contribution in [0, 0.1) is 6.92 Å². The van der Waals surface area contributed by atoms with E-state index >= 15 is 0 Å². The second-order valence-electron chi connectivity index (χ2n) is 2.92. The molecule has 2 rings (SSSR count). The number of nitrogens with zero attached hydrogens (tertiary/aromatic N) is 1. The van der Waals surface area contributed by atoms with Gasteiger partial charge in [0.15, 0.2) is 5.82 Å². The Labute approximate surface area is 74.8 Å². The number of benzene rings is 1. The molecular weight excluding hydrogens is 166 g/mol. The van der Waals surface area contributed by atoms with Crippen molar-refractivity contribution in [3.63, 3.8) is 0 Å². The number of carbonyl (C=O) groups excluding carboxylic acids is 1. The van der Waals surface area contributed by atoms with Crippen molar-refractivity contribution in [3.05, 3.63) is 29.6 Å². The largest absolute Gasteiger partial charge is 0.363 e. The molecule has 3 N–H and O–H groups in total. The van der Waals surface area contributed by atoms with E-state index in [2.05, 4.69) is 9.97 Å². The number of aryl methyl sites for hydroxylation is 1. The van der Waals surface area contributed by atoms with Gasteiger partial charge in [0.1, 0.15) is 0 Å². The van der Waals surface area contributed by atoms with Crippen molar-refractivity contribution in [1.29, 1.82) is 0 Å². The van der Waals surface area contributed by atoms with E-state index in [1.165, 1.54) is 0 Å². The Morgan fingerprint density at radius 3 is 2.92 bits per heavy atom. The maximum Gasteiger partial charge on any atom is 0.284 e. The molecule has 1 aromatic heterocycles. The summed E-state index contributed by atoms with van der Waals surface area (Å²) >= 11 is 0. The second-order valence-corrected chi connectivity index (χ2v) is 2.92. The van der Waals surface area contributed by atoms with Crippen LogP contribution < -0.4 is 5.73 Å². The lowest BCUT2D eigenvalue weighted by Crippen LogP contribution is -2.12. The molecule has 0 saturated heterocycles. The van der Waals surface area contributed by atoms with Crippen LogP contribution >= 0.6 is 0 Å². The van der Waals surface area contributed by atoms with Crippen LogP contribution in [0.25, 0.3) is 11.0 Å². The molecule has 4 heteroatoms. The number of para-hydroxylation sites is 1. The number of primary amides is 1. The lowest BCUT2D eigenvalue weighted by atomic mass is 10.2. The van der Waals surface area contributed by atoms with E-state index in [-0.39, 0.29) is 5.82 Å². The van der Waals surface area contributed by atoms with Gasteiger partial charge in [-0.3, -0.25) is 4.79 Å². The molecule has 1 aromatic carbocycles. The molecule has 2 aromatic rings. The first-order valence-corrected chi connectivity index (χ1v) is 3.93. The van der Waals surface area contributed by atoms with Crippen LogP contribution in [0.2, 0.25) is 0 Å². The SMILES string of the molecule is Cc1cccc2nc(C(N)=O)[nH]c12. The maximum absolute atomic E-state index is 10.8. The molecule has 1 amide bonds. The molecule has 0 aliphatic rings. The average Bonchev–Trinajstić information content (AvgIpc) is 2.49. The molecule has 4 nitrogen and oxygen atoms in total. The third kappa shape index (κ3) is 1.16. The maximum atomic E-state index is 10.8. The smallest absolute Gasteiger partial charge is 0.284 e. The lowest BCUT2D eigenvalue weighted by Gasteiger charge is -1.91. The summed E-state index contributed by atoms with van der Waals surface area (Å²) in [5, 5.41) is 0. The highest BCUT2D eigenvalue weighted by atomic mass is 16.1. The number of imidazole rings is 1. The van der Waals surface area contributed by atoms with Gasteiger partial charge in [-0.05, 0) is 18.6 Å². The first kappa shape index (κ1) is 7.79. The molecule has 0 atom stereocenters. The van der Waals surface area contributed by atoms with Gasteiger partial charge in [-0.1, -0.05) is 12.1 Å². The molecule has 0 aliphatic heterocycles. The van der Waals surface area contributed by atoms with Gasteiger partial charge in [-0.2, -0.15) is 0 Å². The highest BCUT2D eigenvalue weighted by Gasteiger charge is 2.07. The summed E-state index contributed by atoms with van der Waals surface area (Å²) in [6.07, 6.45) is 0. The predicted octanol–water partition coefficient (Wildman–Crippen LogP) is 0.970. The number of H-pyrrole nitrogens is 1. The summed E-state index contributed by atoms with van der Waals surface area (Å²) in [7, 11) is 0. The molecule has 0 unspecified atom stereocenters. The van der Waals surface area contributed by atoms with Gasteiger partial charge in [0, 0.05) is 0 Å². The molecule has 66 valence electrons. The number of aromatic nitrogens is 2. The van der Waals surface area contributed by atoms with Gasteiger partial charge in [0.25, 0.3) is 5.91 Å². The Morgan fingerprint density at radius 1 is 1.54 bits per heavy atom. The van der Waals surface area contributed by atoms with Crippen LogP contribution in [0.3, 0.4) is 0 Å². The normalized spacial score (nSPS) is 10.5. The van der Waals surface area contributed by atoms with E-state index in [0.717, 1.165) is 16.6 Å². The monoisotopic (exact) mass is 175 g/mol. The van der Waals surface area contributed by atoms with E-state index in [4.69, 9.17) is 5.73 Å². The van der Waals surface area contributed by atoms with Crippen molar-refractivity contribution in [2.75, 3.05) is 0 Å². The Morgan fingerprint density at radius 2 is 2.31 bits per heavy atom. The quantitative estimate of drug-likeness (QED) is 0.677. The van der Waals surface area contributed by atoms with Crippen molar-refractivity contribution in [2.24, 2.45) is 5.73 Å². The van der Waals surface area contributed by atoms with Crippen LogP contribution in [0.15, 0.2) is 18.2 Å². The number of nitrogens with one attached hydrogen (secondary N) is 1. The zero-order valence-corrected chi connectivity index (χ0v) is 7.16. The number of fused-ring (bicyclic) bond motifs is 1. The van der Waals surface area contributed by atoms with Crippen molar-refractivity contribution < 1.29 is 4.79 Å². The minimum absolute atomic E-state index is 0.212. The Kier molecular flexibility index (Phi) is 1.55. The van der Waals surface area contributed by atoms with E-state index < -0.39 is 5.91 Å². The van der Waals surface area contributed by atoms with Crippen molar-refractivity contribution in [1.82, 2.24) is 9.97 Å². The van der Waals surface area contributed by atoms with Gasteiger partial charge < -0.3 is 10.7 Å². The summed E-state index contributed by atoms with van der Waals surface area (Å²) in [5.74, 6) is -0.320. The van der Waals surface area contributed by atoms with Gasteiger partial charge in [0.05, 0.1) is 11.0 Å². The molecule has 0 spiro atoms. The van der Waals surface area contributed by atoms with Crippen LogP contribution in [-0.4, -0.2) is 15.9 Å². The molecule has 13 heavy (non-hydrogen) atoms. The van der Waals surface area contributed by atoms with E-state index in [0.29, 0.717) is 0 Å². The van der Waals surface area contributed by atoms with Gasteiger partial charge >= 0.3 is 0 Å². The first-order valence-electron chi connectivity index (χ1n) is 3.93. The predicted molar refractivity (Wildman–Crippen MR) is 49.3 cm³/mol. The number of amides is 1. The number of rotatable bonds is 1. The average molecular weight is 175 g/mol. The highest BCUT2D eigenvalue weighted by Crippen LogP contribution is 2.14. The third-order valence-corrected chi connectivity index (χ3v) is 1.96. The molecular formula is C9H9N3O. The summed E-state index contributed by atoms with van der Waals surface area (Å²) in [5.41, 5.74) is 7.79. The lowest BCUT2D eigenvalue weighted by molar-refractivity contribution is 0.0991. The first-order chi connectivity index (χ1) is 6.18. The highest BCUT2D eigenvalue weighted by molar-refractivity contribution is 5.93. The molecule has 1 heterocycles. The van der Waals surface area contributed by atoms with Crippen LogP contribution in [-0.2, 0) is 0 Å². The molecule has 0 radical (unpaired) electrons. The van der Waals surface area contributed by atoms with Crippen molar-refractivity contribution >= 4 is 16.9 Å². The van der Waals surface area contributed by atoms with E-state index in [1.807, 2.05) is 25.1 Å². The number of aromatic amines is 1. The Hall–Kier alpha value is -1.84. The number of hydrogen-bond donors (Lipinski definition) is 2. The summed E-state index contributed by atoms with van der Waals surface area (Å²) in [4.78, 5) is 17.7. The topological polar surface area (TPSA) is 71.8 Å². The minimum Gasteiger partial charge on any atom is -0.363 e. The van der Waals surface area contributed by atoms with Crippen molar-refractivity contribution in [3.8, 4) is 0 Å². The molecule has 0 saturated carbocycles. The van der Waals surface area contributed by atoms with E-state index in [1.54, 1.807) is 0 Å². The van der Waals surface area contributed by atoms with Gasteiger partial charge in [-0.15, -0.1) is 0 Å². The zero-order valence-electron chi connectivity index (χ0n) is 7.16. The summed E-state index contributed by atoms with van der Waals surface area (Å²) < 4.78 is 0. The van der Waals surface area contributed by atoms with Gasteiger partial charge in [0.2, 0.25) is 0 Å². The number of nitrogens with two attached hydrogens (primary N) is 1. The standard InChI is InChI=1S/C9H9N3O/c1-5-3-2-4-6-7(5)12-9(11-6)8(10)13/h2-4H,1H3,(H2,10,13)(H,11,12). The van der Waals surface area contributed by atoms with Crippen molar-refractivity contribution in [2.45, 2.75) is 6.92 Å². The Bertz CT molecular complexity index is 473. The number of carbonyl (C=O) groups is 1. The molecule has 0 fully saturated rings. The van der Waals surface area contributed by atoms with Crippen LogP contribution in [0.5, 0.6) is 0 Å². The fourth-order valence-corrected chi connectivity index (χ4v) is 1.29. The van der Waals surface area contributed by atoms with Crippen LogP contribution in [0.1, 0.15) is 16.2 Å². The zero-order chi connectivity index (χ0) is 9.42. The number of hydrogen-bond acceptors (Lipinski definition) is 2. The fourth-order valence-electron chi connectivity index (χ4n) is 1.29. The van der Waals surface area contributed by atoms with Crippen LogP contribution in [0.4, 0.5) is 0 Å². The minimum atomic E-state index is -0.532. The van der Waals surface area contributed by atoms with E-state index in [9.17, 15) is 4.79 Å². The molecule has 0 aliphatic carbocycles. The summed E-state index contributed by atoms with van der Waals surface area (Å²) in [6.45, 7) is 1.95. The van der Waals surface area contributed by atoms with Gasteiger partial charge in [-0.25, -0.2) is 4.98 Å². The summed E-state index contributed by atoms with van der Waals surface area (Å²) in [6, 6.07) is 5.68. The fraction of sp³-hybridized carbons (Fsp3) is 0.111.